The van der Waals surface area contributed by atoms with Gasteiger partial charge in [-0.3, -0.25) is 0 Å². The third kappa shape index (κ3) is 2.90. The van der Waals surface area contributed by atoms with E-state index in [-0.39, 0.29) is 0 Å². The summed E-state index contributed by atoms with van der Waals surface area (Å²) in [6.07, 6.45) is 0. The second-order valence-electron chi connectivity index (χ2n) is 8.13. The molecule has 2 nitrogen and oxygen atoms in total. The Morgan fingerprint density at radius 2 is 1.33 bits per heavy atom. The summed E-state index contributed by atoms with van der Waals surface area (Å²) >= 11 is 0. The van der Waals surface area contributed by atoms with Crippen molar-refractivity contribution in [3.05, 3.63) is 82.4 Å². The first-order valence-electron chi connectivity index (χ1n) is 9.57. The Balaban J connectivity index is 1.93. The van der Waals surface area contributed by atoms with Crippen molar-refractivity contribution in [3.63, 3.8) is 0 Å². The van der Waals surface area contributed by atoms with Gasteiger partial charge >= 0.3 is 0 Å². The van der Waals surface area contributed by atoms with E-state index in [1.54, 1.807) is 0 Å². The molecule has 1 aliphatic carbocycles. The van der Waals surface area contributed by atoms with E-state index in [0.29, 0.717) is 5.92 Å². The van der Waals surface area contributed by atoms with Crippen molar-refractivity contribution in [3.8, 4) is 11.1 Å². The quantitative estimate of drug-likeness (QED) is 0.472. The molecule has 0 fully saturated rings. The Morgan fingerprint density at radius 3 is 1.96 bits per heavy atom. The minimum Gasteiger partial charge on any atom is -0.378 e. The summed E-state index contributed by atoms with van der Waals surface area (Å²) in [5, 5.41) is 0. The average molecular weight is 357 g/mol. The van der Waals surface area contributed by atoms with E-state index < -0.39 is 0 Å². The van der Waals surface area contributed by atoms with Gasteiger partial charge in [-0.05, 0) is 65.4 Å². The molecule has 0 saturated carbocycles. The molecular weight excluding hydrogens is 328 g/mol. The molecule has 1 atom stereocenters. The highest BCUT2D eigenvalue weighted by molar-refractivity contribution is 5.84. The summed E-state index contributed by atoms with van der Waals surface area (Å²) in [7, 11) is 8.42. The van der Waals surface area contributed by atoms with Crippen LogP contribution in [0.5, 0.6) is 0 Å². The van der Waals surface area contributed by atoms with Crippen molar-refractivity contribution in [1.29, 1.82) is 0 Å². The van der Waals surface area contributed by atoms with Gasteiger partial charge in [-0.2, -0.15) is 0 Å². The highest BCUT2D eigenvalue weighted by atomic mass is 15.1. The molecule has 0 heterocycles. The third-order valence-corrected chi connectivity index (χ3v) is 5.71. The zero-order chi connectivity index (χ0) is 19.3. The number of anilines is 2. The van der Waals surface area contributed by atoms with E-state index >= 15 is 0 Å². The van der Waals surface area contributed by atoms with Crippen LogP contribution in [0.2, 0.25) is 0 Å². The fraction of sp³-hybridized carbons (Fsp3) is 0.280. The molecule has 1 aliphatic rings. The second-order valence-corrected chi connectivity index (χ2v) is 8.13. The zero-order valence-corrected chi connectivity index (χ0v) is 17.2. The summed E-state index contributed by atoms with van der Waals surface area (Å²) in [4.78, 5) is 4.36. The predicted molar refractivity (Wildman–Crippen MR) is 117 cm³/mol. The van der Waals surface area contributed by atoms with E-state index in [1.165, 1.54) is 50.3 Å². The monoisotopic (exact) mass is 356 g/mol. The Labute approximate surface area is 163 Å². The summed E-state index contributed by atoms with van der Waals surface area (Å²) in [6, 6.07) is 20.7. The maximum Gasteiger partial charge on any atom is 0.0397 e. The summed E-state index contributed by atoms with van der Waals surface area (Å²) in [5.74, 6) is 0.307. The van der Waals surface area contributed by atoms with Crippen LogP contribution in [-0.2, 0) is 0 Å². The molecule has 0 saturated heterocycles. The van der Waals surface area contributed by atoms with Gasteiger partial charge in [0.1, 0.15) is 0 Å². The maximum absolute atomic E-state index is 2.39. The van der Waals surface area contributed by atoms with Gasteiger partial charge in [-0.1, -0.05) is 42.0 Å². The lowest BCUT2D eigenvalue weighted by atomic mass is 9.88. The number of aryl methyl sites for hydroxylation is 2. The third-order valence-electron chi connectivity index (χ3n) is 5.71. The summed E-state index contributed by atoms with van der Waals surface area (Å²) < 4.78 is 0. The van der Waals surface area contributed by atoms with Crippen LogP contribution in [-0.4, -0.2) is 28.2 Å². The largest absolute Gasteiger partial charge is 0.378 e. The van der Waals surface area contributed by atoms with Crippen LogP contribution in [0.3, 0.4) is 0 Å². The molecule has 3 aromatic rings. The Bertz CT molecular complexity index is 998. The average Bonchev–Trinajstić information content (AvgIpc) is 2.93. The molecule has 0 bridgehead atoms. The number of rotatable bonds is 3. The lowest BCUT2D eigenvalue weighted by molar-refractivity contribution is 1.00. The van der Waals surface area contributed by atoms with Crippen molar-refractivity contribution in [2.45, 2.75) is 19.8 Å². The van der Waals surface area contributed by atoms with E-state index in [1.807, 2.05) is 0 Å². The first-order valence-corrected chi connectivity index (χ1v) is 9.57. The van der Waals surface area contributed by atoms with Crippen molar-refractivity contribution >= 4 is 11.4 Å². The lowest BCUT2D eigenvalue weighted by Gasteiger charge is -2.20. The number of fused-ring (bicyclic) bond motifs is 3. The van der Waals surface area contributed by atoms with E-state index in [2.05, 4.69) is 106 Å². The number of benzene rings is 3. The van der Waals surface area contributed by atoms with Crippen LogP contribution in [0.25, 0.3) is 11.1 Å². The molecule has 4 rings (SSSR count). The number of hydrogen-bond acceptors (Lipinski definition) is 2. The second kappa shape index (κ2) is 6.45. The first-order chi connectivity index (χ1) is 12.9. The highest BCUT2D eigenvalue weighted by Gasteiger charge is 2.31. The topological polar surface area (TPSA) is 6.48 Å². The van der Waals surface area contributed by atoms with Gasteiger partial charge in [0, 0.05) is 45.5 Å². The first kappa shape index (κ1) is 17.7. The molecule has 0 spiro atoms. The normalized spacial score (nSPS) is 14.7. The highest BCUT2D eigenvalue weighted by Crippen LogP contribution is 2.50. The summed E-state index contributed by atoms with van der Waals surface area (Å²) in [5.41, 5.74) is 12.2. The van der Waals surface area contributed by atoms with Gasteiger partial charge in [0.25, 0.3) is 0 Å². The smallest absolute Gasteiger partial charge is 0.0397 e. The number of nitrogens with zero attached hydrogens (tertiary/aromatic N) is 2. The van der Waals surface area contributed by atoms with Crippen LogP contribution in [0, 0.1) is 13.8 Å². The van der Waals surface area contributed by atoms with Crippen LogP contribution >= 0.6 is 0 Å². The van der Waals surface area contributed by atoms with Crippen LogP contribution in [0.1, 0.15) is 33.7 Å². The van der Waals surface area contributed by atoms with Gasteiger partial charge in [0.15, 0.2) is 0 Å². The van der Waals surface area contributed by atoms with Crippen LogP contribution in [0.15, 0.2) is 54.6 Å². The van der Waals surface area contributed by atoms with E-state index in [0.717, 1.165) is 0 Å². The van der Waals surface area contributed by atoms with Crippen molar-refractivity contribution in [1.82, 2.24) is 0 Å². The van der Waals surface area contributed by atoms with Gasteiger partial charge < -0.3 is 9.80 Å². The maximum atomic E-state index is 2.39. The minimum absolute atomic E-state index is 0.307. The van der Waals surface area contributed by atoms with Crippen LogP contribution < -0.4 is 9.80 Å². The van der Waals surface area contributed by atoms with Crippen molar-refractivity contribution in [2.75, 3.05) is 38.0 Å². The Hall–Kier alpha value is -2.74. The fourth-order valence-electron chi connectivity index (χ4n) is 4.33. The Kier molecular flexibility index (Phi) is 4.22. The fourth-order valence-corrected chi connectivity index (χ4v) is 4.33. The van der Waals surface area contributed by atoms with Crippen molar-refractivity contribution < 1.29 is 0 Å². The Morgan fingerprint density at radius 1 is 0.667 bits per heavy atom. The minimum atomic E-state index is 0.307. The molecule has 3 aromatic carbocycles. The zero-order valence-electron chi connectivity index (χ0n) is 17.2. The van der Waals surface area contributed by atoms with Crippen LogP contribution in [0.4, 0.5) is 11.4 Å². The predicted octanol–water partition coefficient (Wildman–Crippen LogP) is 5.60. The van der Waals surface area contributed by atoms with Gasteiger partial charge in [0.2, 0.25) is 0 Å². The molecule has 0 aliphatic heterocycles. The van der Waals surface area contributed by atoms with Gasteiger partial charge in [-0.15, -0.1) is 0 Å². The van der Waals surface area contributed by atoms with Crippen molar-refractivity contribution in [2.24, 2.45) is 0 Å². The van der Waals surface area contributed by atoms with Gasteiger partial charge in [-0.25, -0.2) is 0 Å². The molecule has 2 heteroatoms. The molecule has 0 amide bonds. The summed E-state index contributed by atoms with van der Waals surface area (Å²) in [6.45, 7) is 4.40. The number of hydrogen-bond donors (Lipinski definition) is 0. The molecule has 0 N–H and O–H groups in total. The molecule has 0 aromatic heterocycles. The SMILES string of the molecule is Cc1ccc2c(c1)C(c1ccc(N(C)C)cc1)c1cc(C)c(N(C)C)cc1-2. The standard InChI is InChI=1S/C25H28N2/c1-16-7-12-20-21-15-24(27(5)6)17(2)14-23(21)25(22(20)13-16)18-8-10-19(11-9-18)26(3)4/h7-15,25H,1-6H3. The van der Waals surface area contributed by atoms with Gasteiger partial charge in [0.05, 0.1) is 0 Å². The molecule has 1 unspecified atom stereocenters. The molecule has 0 radical (unpaired) electrons. The van der Waals surface area contributed by atoms with E-state index in [4.69, 9.17) is 0 Å². The lowest BCUT2D eigenvalue weighted by Crippen LogP contribution is -2.11. The molecule has 138 valence electrons. The molecular formula is C25H28N2. The van der Waals surface area contributed by atoms with E-state index in [9.17, 15) is 0 Å². The molecule has 27 heavy (non-hydrogen) atoms.